The van der Waals surface area contributed by atoms with Gasteiger partial charge in [-0.1, -0.05) is 6.07 Å². The fraction of sp³-hybridized carbons (Fsp3) is 0.467. The minimum atomic E-state index is -0.0974. The Morgan fingerprint density at radius 1 is 1.30 bits per heavy atom. The summed E-state index contributed by atoms with van der Waals surface area (Å²) in [6, 6.07) is 5.97. The lowest BCUT2D eigenvalue weighted by molar-refractivity contribution is -0.138. The number of carbonyl (C=O) groups is 2. The fourth-order valence-electron chi connectivity index (χ4n) is 2.28. The molecule has 2 rings (SSSR count). The Morgan fingerprint density at radius 3 is 2.65 bits per heavy atom. The molecule has 5 heteroatoms. The summed E-state index contributed by atoms with van der Waals surface area (Å²) < 4.78 is 5.61. The van der Waals surface area contributed by atoms with Crippen LogP contribution in [-0.4, -0.2) is 43.0 Å². The molecular weight excluding hydrogens is 256 g/mol. The molecule has 1 fully saturated rings. The summed E-state index contributed by atoms with van der Waals surface area (Å²) >= 11 is 0. The van der Waals surface area contributed by atoms with Gasteiger partial charge in [-0.15, -0.1) is 0 Å². The van der Waals surface area contributed by atoms with Crippen LogP contribution in [0, 0.1) is 13.8 Å². The summed E-state index contributed by atoms with van der Waals surface area (Å²) in [5.41, 5.74) is 2.28. The number of piperazine rings is 1. The Bertz CT molecular complexity index is 494. The molecular formula is C15H20N2O3. The first-order valence-corrected chi connectivity index (χ1v) is 6.80. The molecule has 1 aromatic carbocycles. The van der Waals surface area contributed by atoms with Gasteiger partial charge in [-0.2, -0.15) is 0 Å². The zero-order valence-corrected chi connectivity index (χ0v) is 11.9. The maximum Gasteiger partial charge on any atom is 0.239 e. The van der Waals surface area contributed by atoms with Gasteiger partial charge in [0.15, 0.2) is 0 Å². The van der Waals surface area contributed by atoms with E-state index in [-0.39, 0.29) is 18.4 Å². The number of hydrogen-bond acceptors (Lipinski definition) is 3. The number of ether oxygens (including phenoxy) is 1. The summed E-state index contributed by atoms with van der Waals surface area (Å²) in [6.07, 6.45) is 0.292. The van der Waals surface area contributed by atoms with Crippen molar-refractivity contribution in [2.24, 2.45) is 0 Å². The SMILES string of the molecule is Cc1cc(C)cc(OCCC(=O)N2CCNC(=O)C2)c1. The van der Waals surface area contributed by atoms with E-state index in [1.165, 1.54) is 0 Å². The Balaban J connectivity index is 1.80. The van der Waals surface area contributed by atoms with Crippen LogP contribution in [0.1, 0.15) is 17.5 Å². The Kier molecular flexibility index (Phi) is 4.61. The van der Waals surface area contributed by atoms with E-state index in [4.69, 9.17) is 4.74 Å². The van der Waals surface area contributed by atoms with Crippen LogP contribution < -0.4 is 10.1 Å². The van der Waals surface area contributed by atoms with Crippen molar-refractivity contribution in [1.82, 2.24) is 10.2 Å². The van der Waals surface area contributed by atoms with E-state index in [0.29, 0.717) is 26.1 Å². The molecule has 0 radical (unpaired) electrons. The zero-order chi connectivity index (χ0) is 14.5. The van der Waals surface area contributed by atoms with Crippen molar-refractivity contribution >= 4 is 11.8 Å². The standard InChI is InChI=1S/C15H20N2O3/c1-11-7-12(2)9-13(8-11)20-6-3-15(19)17-5-4-16-14(18)10-17/h7-9H,3-6,10H2,1-2H3,(H,16,18). The summed E-state index contributed by atoms with van der Waals surface area (Å²) in [7, 11) is 0. The number of hydrogen-bond donors (Lipinski definition) is 1. The normalized spacial score (nSPS) is 14.9. The molecule has 20 heavy (non-hydrogen) atoms. The molecule has 0 unspecified atom stereocenters. The van der Waals surface area contributed by atoms with Gasteiger partial charge in [0.2, 0.25) is 11.8 Å². The first kappa shape index (κ1) is 14.4. The Hall–Kier alpha value is -2.04. The highest BCUT2D eigenvalue weighted by atomic mass is 16.5. The maximum absolute atomic E-state index is 11.9. The third kappa shape index (κ3) is 3.98. The van der Waals surface area contributed by atoms with Gasteiger partial charge < -0.3 is 15.0 Å². The van der Waals surface area contributed by atoms with Gasteiger partial charge in [-0.3, -0.25) is 9.59 Å². The van der Waals surface area contributed by atoms with Crippen LogP contribution in [0.15, 0.2) is 18.2 Å². The molecule has 0 atom stereocenters. The molecule has 1 saturated heterocycles. The molecule has 1 aliphatic rings. The predicted octanol–water partition coefficient (Wildman–Crippen LogP) is 1.03. The number of aryl methyl sites for hydroxylation is 2. The molecule has 0 bridgehead atoms. The van der Waals surface area contributed by atoms with Crippen LogP contribution in [0.2, 0.25) is 0 Å². The summed E-state index contributed by atoms with van der Waals surface area (Å²) in [5.74, 6) is 0.649. The van der Waals surface area contributed by atoms with Gasteiger partial charge in [0.05, 0.1) is 19.6 Å². The topological polar surface area (TPSA) is 58.6 Å². The van der Waals surface area contributed by atoms with Crippen LogP contribution >= 0.6 is 0 Å². The van der Waals surface area contributed by atoms with E-state index in [1.807, 2.05) is 26.0 Å². The average Bonchev–Trinajstić information content (AvgIpc) is 2.37. The molecule has 108 valence electrons. The fourth-order valence-corrected chi connectivity index (χ4v) is 2.28. The van der Waals surface area contributed by atoms with Crippen molar-refractivity contribution in [1.29, 1.82) is 0 Å². The minimum absolute atomic E-state index is 0.0378. The number of carbonyl (C=O) groups excluding carboxylic acids is 2. The molecule has 0 spiro atoms. The minimum Gasteiger partial charge on any atom is -0.493 e. The molecule has 0 aromatic heterocycles. The molecule has 1 aliphatic heterocycles. The van der Waals surface area contributed by atoms with Crippen LogP contribution in [0.5, 0.6) is 5.75 Å². The summed E-state index contributed by atoms with van der Waals surface area (Å²) in [6.45, 7) is 5.62. The van der Waals surface area contributed by atoms with E-state index < -0.39 is 0 Å². The predicted molar refractivity (Wildman–Crippen MR) is 75.6 cm³/mol. The largest absolute Gasteiger partial charge is 0.493 e. The zero-order valence-electron chi connectivity index (χ0n) is 11.9. The molecule has 1 aromatic rings. The number of benzene rings is 1. The highest BCUT2D eigenvalue weighted by Crippen LogP contribution is 2.16. The molecule has 2 amide bonds. The van der Waals surface area contributed by atoms with Crippen LogP contribution in [0.3, 0.4) is 0 Å². The lowest BCUT2D eigenvalue weighted by Crippen LogP contribution is -2.50. The van der Waals surface area contributed by atoms with Gasteiger partial charge in [-0.05, 0) is 37.1 Å². The van der Waals surface area contributed by atoms with Gasteiger partial charge >= 0.3 is 0 Å². The van der Waals surface area contributed by atoms with Crippen LogP contribution in [0.25, 0.3) is 0 Å². The van der Waals surface area contributed by atoms with Crippen molar-refractivity contribution in [2.75, 3.05) is 26.2 Å². The van der Waals surface area contributed by atoms with Gasteiger partial charge in [0.1, 0.15) is 5.75 Å². The molecule has 1 N–H and O–H groups in total. The number of amides is 2. The summed E-state index contributed by atoms with van der Waals surface area (Å²) in [5, 5.41) is 2.70. The van der Waals surface area contributed by atoms with Crippen molar-refractivity contribution in [2.45, 2.75) is 20.3 Å². The molecule has 1 heterocycles. The van der Waals surface area contributed by atoms with Gasteiger partial charge in [0, 0.05) is 13.1 Å². The van der Waals surface area contributed by atoms with Crippen LogP contribution in [-0.2, 0) is 9.59 Å². The number of nitrogens with zero attached hydrogens (tertiary/aromatic N) is 1. The molecule has 5 nitrogen and oxygen atoms in total. The Morgan fingerprint density at radius 2 is 2.00 bits per heavy atom. The average molecular weight is 276 g/mol. The van der Waals surface area contributed by atoms with Gasteiger partial charge in [0.25, 0.3) is 0 Å². The van der Waals surface area contributed by atoms with Crippen molar-refractivity contribution in [3.8, 4) is 5.75 Å². The highest BCUT2D eigenvalue weighted by molar-refractivity contribution is 5.85. The smallest absolute Gasteiger partial charge is 0.239 e. The quantitative estimate of drug-likeness (QED) is 0.893. The van der Waals surface area contributed by atoms with Crippen LogP contribution in [0.4, 0.5) is 0 Å². The number of nitrogens with one attached hydrogen (secondary N) is 1. The second-order valence-electron chi connectivity index (χ2n) is 5.09. The Labute approximate surface area is 118 Å². The van der Waals surface area contributed by atoms with E-state index in [1.54, 1.807) is 4.90 Å². The molecule has 0 saturated carbocycles. The van der Waals surface area contributed by atoms with E-state index in [0.717, 1.165) is 16.9 Å². The monoisotopic (exact) mass is 276 g/mol. The first-order valence-electron chi connectivity index (χ1n) is 6.80. The van der Waals surface area contributed by atoms with Crippen molar-refractivity contribution < 1.29 is 14.3 Å². The van der Waals surface area contributed by atoms with E-state index in [2.05, 4.69) is 11.4 Å². The van der Waals surface area contributed by atoms with E-state index in [9.17, 15) is 9.59 Å². The second kappa shape index (κ2) is 6.41. The lowest BCUT2D eigenvalue weighted by Gasteiger charge is -2.26. The molecule has 0 aliphatic carbocycles. The van der Waals surface area contributed by atoms with Gasteiger partial charge in [-0.25, -0.2) is 0 Å². The lowest BCUT2D eigenvalue weighted by atomic mass is 10.1. The van der Waals surface area contributed by atoms with Crippen molar-refractivity contribution in [3.63, 3.8) is 0 Å². The highest BCUT2D eigenvalue weighted by Gasteiger charge is 2.20. The second-order valence-corrected chi connectivity index (χ2v) is 5.09. The third-order valence-corrected chi connectivity index (χ3v) is 3.17. The first-order chi connectivity index (χ1) is 9.54. The van der Waals surface area contributed by atoms with E-state index >= 15 is 0 Å². The van der Waals surface area contributed by atoms with Crippen molar-refractivity contribution in [3.05, 3.63) is 29.3 Å². The number of rotatable bonds is 4. The third-order valence-electron chi connectivity index (χ3n) is 3.17. The summed E-state index contributed by atoms with van der Waals surface area (Å²) in [4.78, 5) is 24.7. The maximum atomic E-state index is 11.9.